The molecule has 0 fully saturated rings. The Bertz CT molecular complexity index is 564. The molecule has 0 radical (unpaired) electrons. The van der Waals surface area contributed by atoms with E-state index in [1.807, 2.05) is 0 Å². The third kappa shape index (κ3) is 3.20. The van der Waals surface area contributed by atoms with Crippen molar-refractivity contribution in [3.8, 4) is 0 Å². The first-order chi connectivity index (χ1) is 8.34. The van der Waals surface area contributed by atoms with E-state index < -0.39 is 0 Å². The van der Waals surface area contributed by atoms with Gasteiger partial charge in [0.25, 0.3) is 0 Å². The maximum absolute atomic E-state index is 2.32. The van der Waals surface area contributed by atoms with Crippen LogP contribution in [-0.4, -0.2) is 0 Å². The van der Waals surface area contributed by atoms with Gasteiger partial charge in [-0.2, -0.15) is 0 Å². The Balaban J connectivity index is 0.000000902. The minimum atomic E-state index is 0. The predicted molar refractivity (Wildman–Crippen MR) is 67.3 cm³/mol. The van der Waals surface area contributed by atoms with Gasteiger partial charge in [0.2, 0.25) is 0 Å². The van der Waals surface area contributed by atoms with Crippen molar-refractivity contribution in [2.45, 2.75) is 12.3 Å². The van der Waals surface area contributed by atoms with Crippen molar-refractivity contribution in [1.82, 2.24) is 0 Å². The Labute approximate surface area is 123 Å². The van der Waals surface area contributed by atoms with Gasteiger partial charge in [0, 0.05) is 0 Å². The van der Waals surface area contributed by atoms with Crippen molar-refractivity contribution in [2.24, 2.45) is 0 Å². The molecule has 0 spiro atoms. The minimum absolute atomic E-state index is 0. The van der Waals surface area contributed by atoms with Gasteiger partial charge in [0.1, 0.15) is 0 Å². The van der Waals surface area contributed by atoms with E-state index in [4.69, 9.17) is 0 Å². The van der Waals surface area contributed by atoms with Gasteiger partial charge in [-0.1, -0.05) is 0 Å². The van der Waals surface area contributed by atoms with Crippen LogP contribution < -0.4 is 9.41 Å². The van der Waals surface area contributed by atoms with Gasteiger partial charge in [-0.05, 0) is 0 Å². The number of hydrogen-bond acceptors (Lipinski definition) is 0. The predicted octanol–water partition coefficient (Wildman–Crippen LogP) is -2.08. The van der Waals surface area contributed by atoms with E-state index in [1.54, 1.807) is 0 Å². The van der Waals surface area contributed by atoms with E-state index in [0.717, 1.165) is 6.42 Å². The van der Waals surface area contributed by atoms with Crippen LogP contribution in [-0.2, 0) is 26.9 Å². The second-order valence-corrected chi connectivity index (χ2v) is 5.37. The average molecular weight is 291 g/mol. The summed E-state index contributed by atoms with van der Waals surface area (Å²) in [5.41, 5.74) is 4.29. The molecule has 0 saturated heterocycles. The maximum atomic E-state index is 2.32. The van der Waals surface area contributed by atoms with Crippen molar-refractivity contribution in [3.05, 3.63) is 75.2 Å². The normalized spacial score (nSPS) is 15.9. The molecule has 1 aliphatic carbocycles. The molecule has 3 heteroatoms. The molecule has 0 N–H and O–H groups in total. The summed E-state index contributed by atoms with van der Waals surface area (Å²) >= 11 is 2.24. The molecular formula is C16H13F2Ti. The van der Waals surface area contributed by atoms with Crippen LogP contribution >= 0.6 is 0 Å². The standard InChI is InChI=1S/C16H13.2FH.Ti/c1-2-6-13(7-3-1)12-15-11-10-14-8-4-5-9-16(14)15;;;/h1-10,15H,12H2;2*1H;/q;;;+2/p-2. The summed E-state index contributed by atoms with van der Waals surface area (Å²) in [5.74, 6) is 0.564. The quantitative estimate of drug-likeness (QED) is 0.557. The number of rotatable bonds is 2. The second-order valence-electron chi connectivity index (χ2n) is 4.47. The Hall–Kier alpha value is -1.25. The Morgan fingerprint density at radius 2 is 1.47 bits per heavy atom. The molecule has 2 aromatic carbocycles. The Kier molecular flexibility index (Phi) is 5.65. The van der Waals surface area contributed by atoms with Crippen LogP contribution in [0.4, 0.5) is 0 Å². The van der Waals surface area contributed by atoms with Crippen molar-refractivity contribution in [2.75, 3.05) is 0 Å². The monoisotopic (exact) mass is 291 g/mol. The van der Waals surface area contributed by atoms with Gasteiger partial charge >= 0.3 is 114 Å². The SMILES string of the molecule is [F-].[F-].[Ti+2][C]1=Cc2ccccc2C1Cc1ccccc1. The molecule has 0 bridgehead atoms. The summed E-state index contributed by atoms with van der Waals surface area (Å²) in [6, 6.07) is 19.5. The fourth-order valence-corrected chi connectivity index (χ4v) is 3.11. The van der Waals surface area contributed by atoms with Crippen molar-refractivity contribution < 1.29 is 29.8 Å². The van der Waals surface area contributed by atoms with Gasteiger partial charge in [-0.3, -0.25) is 0 Å². The van der Waals surface area contributed by atoms with E-state index >= 15 is 0 Å². The van der Waals surface area contributed by atoms with Crippen LogP contribution in [0.3, 0.4) is 0 Å². The van der Waals surface area contributed by atoms with Crippen LogP contribution in [0, 0.1) is 0 Å². The second kappa shape index (κ2) is 6.79. The molecule has 0 heterocycles. The summed E-state index contributed by atoms with van der Waals surface area (Å²) in [5, 5.41) is 0. The molecule has 19 heavy (non-hydrogen) atoms. The molecule has 3 rings (SSSR count). The van der Waals surface area contributed by atoms with Gasteiger partial charge in [0.15, 0.2) is 0 Å². The zero-order chi connectivity index (χ0) is 11.7. The summed E-state index contributed by atoms with van der Waals surface area (Å²) in [4.78, 5) is 0. The van der Waals surface area contributed by atoms with Crippen LogP contribution in [0.2, 0.25) is 0 Å². The van der Waals surface area contributed by atoms with Crippen molar-refractivity contribution >= 4 is 6.08 Å². The van der Waals surface area contributed by atoms with Gasteiger partial charge in [0.05, 0.1) is 0 Å². The first-order valence-corrected chi connectivity index (χ1v) is 6.69. The van der Waals surface area contributed by atoms with Crippen LogP contribution in [0.1, 0.15) is 22.6 Å². The molecule has 0 aromatic heterocycles. The van der Waals surface area contributed by atoms with E-state index in [-0.39, 0.29) is 9.41 Å². The van der Waals surface area contributed by atoms with Crippen LogP contribution in [0.25, 0.3) is 6.08 Å². The van der Waals surface area contributed by atoms with Gasteiger partial charge in [-0.25, -0.2) is 0 Å². The number of hydrogen-bond donors (Lipinski definition) is 0. The topological polar surface area (TPSA) is 0 Å². The molecule has 0 saturated carbocycles. The third-order valence-electron chi connectivity index (χ3n) is 3.34. The zero-order valence-corrected chi connectivity index (χ0v) is 11.9. The number of benzene rings is 2. The third-order valence-corrected chi connectivity index (χ3v) is 4.11. The molecule has 1 unspecified atom stereocenters. The molecule has 0 amide bonds. The van der Waals surface area contributed by atoms with Crippen LogP contribution in [0.5, 0.6) is 0 Å². The summed E-state index contributed by atoms with van der Waals surface area (Å²) in [7, 11) is 0. The summed E-state index contributed by atoms with van der Waals surface area (Å²) < 4.78 is 1.48. The molecule has 95 valence electrons. The molecule has 2 aromatic rings. The fraction of sp³-hybridized carbons (Fsp3) is 0.125. The molecule has 0 nitrogen and oxygen atoms in total. The summed E-state index contributed by atoms with van der Waals surface area (Å²) in [6.45, 7) is 0. The fourth-order valence-electron chi connectivity index (χ4n) is 2.47. The first kappa shape index (κ1) is 15.8. The van der Waals surface area contributed by atoms with E-state index in [0.29, 0.717) is 5.92 Å². The average Bonchev–Trinajstić information content (AvgIpc) is 2.68. The van der Waals surface area contributed by atoms with E-state index in [1.165, 1.54) is 20.6 Å². The van der Waals surface area contributed by atoms with Gasteiger partial charge < -0.3 is 9.41 Å². The molecular weight excluding hydrogens is 278 g/mol. The van der Waals surface area contributed by atoms with E-state index in [9.17, 15) is 0 Å². The van der Waals surface area contributed by atoms with Crippen LogP contribution in [0.15, 0.2) is 58.5 Å². The molecule has 1 aliphatic rings. The zero-order valence-electron chi connectivity index (χ0n) is 10.3. The van der Waals surface area contributed by atoms with Crippen molar-refractivity contribution in [1.29, 1.82) is 0 Å². The number of fused-ring (bicyclic) bond motifs is 1. The first-order valence-electron chi connectivity index (χ1n) is 5.90. The number of allylic oxidation sites excluding steroid dienone is 1. The molecule has 1 atom stereocenters. The molecule has 0 aliphatic heterocycles. The van der Waals surface area contributed by atoms with Gasteiger partial charge in [-0.15, -0.1) is 0 Å². The van der Waals surface area contributed by atoms with Crippen molar-refractivity contribution in [3.63, 3.8) is 0 Å². The Morgan fingerprint density at radius 3 is 2.21 bits per heavy atom. The summed E-state index contributed by atoms with van der Waals surface area (Å²) in [6.07, 6.45) is 3.43. The Morgan fingerprint density at radius 1 is 0.842 bits per heavy atom. The van der Waals surface area contributed by atoms with E-state index in [2.05, 4.69) is 81.1 Å². The number of halogens is 2.